The van der Waals surface area contributed by atoms with Gasteiger partial charge in [-0.3, -0.25) is 9.88 Å². The summed E-state index contributed by atoms with van der Waals surface area (Å²) >= 11 is 0. The van der Waals surface area contributed by atoms with Crippen molar-refractivity contribution in [2.45, 2.75) is 12.8 Å². The number of hydrogen-bond donors (Lipinski definition) is 4. The van der Waals surface area contributed by atoms with E-state index in [9.17, 15) is 0 Å². The summed E-state index contributed by atoms with van der Waals surface area (Å²) < 4.78 is 0. The van der Waals surface area contributed by atoms with Crippen molar-refractivity contribution >= 4 is 30.0 Å². The van der Waals surface area contributed by atoms with E-state index in [1.165, 1.54) is 38.0 Å². The Morgan fingerprint density at radius 1 is 0.889 bits per heavy atom. The van der Waals surface area contributed by atoms with E-state index < -0.39 is 23.9 Å². The van der Waals surface area contributed by atoms with Gasteiger partial charge in [-0.05, 0) is 49.5 Å². The molecule has 3 aliphatic rings. The summed E-state index contributed by atoms with van der Waals surface area (Å²) in [7, 11) is 0. The first kappa shape index (κ1) is 21.8. The van der Waals surface area contributed by atoms with Crippen molar-refractivity contribution in [1.82, 2.24) is 9.88 Å². The lowest BCUT2D eigenvalue weighted by Crippen LogP contribution is -2.42. The summed E-state index contributed by atoms with van der Waals surface area (Å²) in [5.41, 5.74) is 2.92. The third-order valence-corrected chi connectivity index (χ3v) is 3.94. The molecule has 3 aliphatic heterocycles. The molecule has 10 nitrogen and oxygen atoms in total. The van der Waals surface area contributed by atoms with Crippen molar-refractivity contribution in [2.24, 2.45) is 5.92 Å². The van der Waals surface area contributed by atoms with Crippen LogP contribution in [-0.2, 0) is 19.2 Å². The summed E-state index contributed by atoms with van der Waals surface area (Å²) in [4.78, 5) is 43.0. The van der Waals surface area contributed by atoms with Crippen molar-refractivity contribution < 1.29 is 39.6 Å². The van der Waals surface area contributed by atoms with Crippen LogP contribution in [0.4, 0.5) is 0 Å². The normalized spacial score (nSPS) is 21.1. The van der Waals surface area contributed by atoms with E-state index in [0.29, 0.717) is 0 Å². The van der Waals surface area contributed by atoms with Crippen LogP contribution in [0.1, 0.15) is 18.4 Å². The summed E-state index contributed by atoms with van der Waals surface area (Å²) in [6, 6.07) is 4.18. The first-order valence-corrected chi connectivity index (χ1v) is 7.96. The number of rotatable bonds is 1. The summed E-state index contributed by atoms with van der Waals surface area (Å²) in [6.45, 7) is 3.80. The summed E-state index contributed by atoms with van der Waals surface area (Å²) in [5, 5.41) is 29.6. The Kier molecular flexibility index (Phi) is 8.60. The van der Waals surface area contributed by atoms with Gasteiger partial charge in [0.25, 0.3) is 0 Å². The van der Waals surface area contributed by atoms with Crippen molar-refractivity contribution in [3.8, 4) is 0 Å². The molecular weight excluding hydrogens is 360 g/mol. The second kappa shape index (κ2) is 10.7. The monoisotopic (exact) mass is 380 g/mol. The minimum absolute atomic E-state index is 0.850. The lowest BCUT2D eigenvalue weighted by molar-refractivity contribution is -0.159. The SMILES string of the molecule is C(=C1CN2CCC1CC2)c1ccncc1.O=C(O)C(=O)O.O=C(O)C(=O)O. The van der Waals surface area contributed by atoms with Crippen molar-refractivity contribution in [3.05, 3.63) is 35.7 Å². The smallest absolute Gasteiger partial charge is 0.414 e. The minimum Gasteiger partial charge on any atom is -0.473 e. The van der Waals surface area contributed by atoms with E-state index in [4.69, 9.17) is 39.6 Å². The summed E-state index contributed by atoms with van der Waals surface area (Å²) in [6.07, 6.45) is 8.81. The molecule has 4 heterocycles. The quantitative estimate of drug-likeness (QED) is 0.504. The van der Waals surface area contributed by atoms with Gasteiger partial charge in [-0.25, -0.2) is 19.2 Å². The predicted octanol–water partition coefficient (Wildman–Crippen LogP) is 0.502. The predicted molar refractivity (Wildman–Crippen MR) is 91.9 cm³/mol. The minimum atomic E-state index is -1.82. The Labute approximate surface area is 154 Å². The van der Waals surface area contributed by atoms with Crippen molar-refractivity contribution in [2.75, 3.05) is 19.6 Å². The van der Waals surface area contributed by atoms with Gasteiger partial charge in [-0.15, -0.1) is 0 Å². The Hall–Kier alpha value is -3.27. The van der Waals surface area contributed by atoms with E-state index in [1.54, 1.807) is 5.57 Å². The molecule has 10 heteroatoms. The third kappa shape index (κ3) is 8.10. The van der Waals surface area contributed by atoms with Gasteiger partial charge < -0.3 is 20.4 Å². The topological polar surface area (TPSA) is 165 Å². The van der Waals surface area contributed by atoms with Crippen LogP contribution in [0.15, 0.2) is 30.1 Å². The average molecular weight is 380 g/mol. The lowest BCUT2D eigenvalue weighted by atomic mass is 9.83. The molecule has 1 aromatic rings. The van der Waals surface area contributed by atoms with Crippen molar-refractivity contribution in [1.29, 1.82) is 0 Å². The van der Waals surface area contributed by atoms with Gasteiger partial charge >= 0.3 is 23.9 Å². The molecule has 4 rings (SSSR count). The van der Waals surface area contributed by atoms with Crippen LogP contribution in [0.5, 0.6) is 0 Å². The van der Waals surface area contributed by atoms with E-state index in [2.05, 4.69) is 28.1 Å². The first-order valence-electron chi connectivity index (χ1n) is 7.96. The van der Waals surface area contributed by atoms with Crippen LogP contribution in [-0.4, -0.2) is 73.8 Å². The highest BCUT2D eigenvalue weighted by atomic mass is 16.4. The number of carbonyl (C=O) groups is 4. The van der Waals surface area contributed by atoms with Gasteiger partial charge in [0.15, 0.2) is 0 Å². The van der Waals surface area contributed by atoms with Crippen LogP contribution < -0.4 is 0 Å². The van der Waals surface area contributed by atoms with Gasteiger partial charge in [0, 0.05) is 18.9 Å². The fourth-order valence-corrected chi connectivity index (χ4v) is 2.69. The molecule has 0 spiro atoms. The third-order valence-electron chi connectivity index (χ3n) is 3.94. The molecule has 27 heavy (non-hydrogen) atoms. The highest BCUT2D eigenvalue weighted by Gasteiger charge is 2.28. The largest absolute Gasteiger partial charge is 0.473 e. The molecule has 2 bridgehead atoms. The van der Waals surface area contributed by atoms with E-state index >= 15 is 0 Å². The van der Waals surface area contributed by atoms with Crippen LogP contribution in [0, 0.1) is 5.92 Å². The molecule has 3 fully saturated rings. The number of aromatic nitrogens is 1. The second-order valence-corrected chi connectivity index (χ2v) is 5.77. The molecule has 4 N–H and O–H groups in total. The zero-order valence-electron chi connectivity index (χ0n) is 14.3. The molecule has 0 saturated carbocycles. The number of fused-ring (bicyclic) bond motifs is 3. The molecule has 0 amide bonds. The summed E-state index contributed by atoms with van der Waals surface area (Å²) in [5.74, 6) is -6.45. The van der Waals surface area contributed by atoms with E-state index in [-0.39, 0.29) is 0 Å². The highest BCUT2D eigenvalue weighted by Crippen LogP contribution is 2.32. The second-order valence-electron chi connectivity index (χ2n) is 5.77. The van der Waals surface area contributed by atoms with Gasteiger partial charge in [0.05, 0.1) is 0 Å². The fourth-order valence-electron chi connectivity index (χ4n) is 2.69. The lowest BCUT2D eigenvalue weighted by Gasteiger charge is -2.41. The zero-order chi connectivity index (χ0) is 20.4. The highest BCUT2D eigenvalue weighted by molar-refractivity contribution is 6.27. The number of carboxylic acids is 4. The first-order chi connectivity index (χ1) is 12.7. The molecule has 1 aromatic heterocycles. The number of piperidine rings is 3. The maximum atomic E-state index is 9.10. The van der Waals surface area contributed by atoms with Gasteiger partial charge in [0.1, 0.15) is 0 Å². The van der Waals surface area contributed by atoms with Gasteiger partial charge in [0.2, 0.25) is 0 Å². The maximum Gasteiger partial charge on any atom is 0.414 e. The van der Waals surface area contributed by atoms with Gasteiger partial charge in [-0.2, -0.15) is 0 Å². The standard InChI is InChI=1S/C13H16N2.2C2H2O4/c1-5-14-6-2-11(1)9-13-10-15-7-3-12(13)4-8-15;2*3-1(4)2(5)6/h1-2,5-6,9,12H,3-4,7-8,10H2;2*(H,3,4)(H,5,6). The zero-order valence-corrected chi connectivity index (χ0v) is 14.3. The Morgan fingerprint density at radius 2 is 1.33 bits per heavy atom. The molecular formula is C17H20N2O8. The molecule has 146 valence electrons. The van der Waals surface area contributed by atoms with Crippen LogP contribution >= 0.6 is 0 Å². The molecule has 0 radical (unpaired) electrons. The van der Waals surface area contributed by atoms with E-state index in [0.717, 1.165) is 5.92 Å². The Balaban J connectivity index is 0.000000256. The van der Waals surface area contributed by atoms with Gasteiger partial charge in [-0.1, -0.05) is 11.6 Å². The number of pyridine rings is 1. The van der Waals surface area contributed by atoms with E-state index in [1.807, 2.05) is 12.4 Å². The number of aliphatic carboxylic acids is 4. The van der Waals surface area contributed by atoms with Crippen molar-refractivity contribution in [3.63, 3.8) is 0 Å². The molecule has 0 aliphatic carbocycles. The van der Waals surface area contributed by atoms with Crippen LogP contribution in [0.2, 0.25) is 0 Å². The number of nitrogens with zero attached hydrogens (tertiary/aromatic N) is 2. The Bertz CT molecular complexity index is 661. The number of hydrogen-bond acceptors (Lipinski definition) is 6. The molecule has 3 saturated heterocycles. The average Bonchev–Trinajstić information content (AvgIpc) is 2.64. The maximum absolute atomic E-state index is 9.10. The van der Waals surface area contributed by atoms with Crippen LogP contribution in [0.3, 0.4) is 0 Å². The van der Waals surface area contributed by atoms with Crippen LogP contribution in [0.25, 0.3) is 6.08 Å². The number of carboxylic acid groups (broad SMARTS) is 4. The molecule has 0 atom stereocenters. The Morgan fingerprint density at radius 3 is 1.67 bits per heavy atom. The molecule has 0 unspecified atom stereocenters. The molecule has 0 aromatic carbocycles. The fraction of sp³-hybridized carbons (Fsp3) is 0.353.